The highest BCUT2D eigenvalue weighted by molar-refractivity contribution is 5.81. The minimum atomic E-state index is -4.56. The van der Waals surface area contributed by atoms with Crippen molar-refractivity contribution in [1.82, 2.24) is 14.7 Å². The minimum Gasteiger partial charge on any atom is -0.376 e. The van der Waals surface area contributed by atoms with Gasteiger partial charge in [-0.15, -0.1) is 0 Å². The van der Waals surface area contributed by atoms with Crippen LogP contribution in [0, 0.1) is 5.92 Å². The van der Waals surface area contributed by atoms with Crippen LogP contribution in [0.3, 0.4) is 0 Å². The lowest BCUT2D eigenvalue weighted by atomic mass is 9.97. The van der Waals surface area contributed by atoms with Crippen molar-refractivity contribution in [1.29, 1.82) is 0 Å². The van der Waals surface area contributed by atoms with Gasteiger partial charge in [-0.1, -0.05) is 30.3 Å². The fraction of sp³-hybridized carbons (Fsp3) is 0.567. The maximum atomic E-state index is 13.9. The number of likely N-dealkylation sites (tertiary alicyclic amines) is 1. The Bertz CT molecular complexity index is 1180. The first-order valence-electron chi connectivity index (χ1n) is 14.2. The van der Waals surface area contributed by atoms with Gasteiger partial charge in [0.05, 0.1) is 18.7 Å². The molecule has 5 rings (SSSR count). The van der Waals surface area contributed by atoms with Gasteiger partial charge in [-0.25, -0.2) is 8.78 Å². The lowest BCUT2D eigenvalue weighted by Crippen LogP contribution is -2.47. The van der Waals surface area contributed by atoms with Crippen molar-refractivity contribution in [2.24, 2.45) is 5.92 Å². The first kappa shape index (κ1) is 28.8. The van der Waals surface area contributed by atoms with Gasteiger partial charge < -0.3 is 10.2 Å². The zero-order valence-electron chi connectivity index (χ0n) is 22.7. The molecule has 2 aromatic carbocycles. The summed E-state index contributed by atoms with van der Waals surface area (Å²) in [6, 6.07) is 11.2. The smallest absolute Gasteiger partial charge is 0.376 e. The van der Waals surface area contributed by atoms with Crippen molar-refractivity contribution in [3.63, 3.8) is 0 Å². The molecule has 0 spiro atoms. The molecule has 3 aliphatic rings. The number of carbonyl (C=O) groups excluding carboxylic acids is 1. The number of hydrogen-bond acceptors (Lipinski definition) is 4. The Kier molecular flexibility index (Phi) is 8.66. The zero-order valence-corrected chi connectivity index (χ0v) is 22.7. The van der Waals surface area contributed by atoms with Crippen LogP contribution < -0.4 is 5.32 Å². The Morgan fingerprint density at radius 1 is 1.05 bits per heavy atom. The average molecular weight is 565 g/mol. The molecule has 2 aliphatic heterocycles. The Labute approximate surface area is 232 Å². The maximum absolute atomic E-state index is 13.9. The third kappa shape index (κ3) is 7.51. The Morgan fingerprint density at radius 2 is 1.85 bits per heavy atom. The summed E-state index contributed by atoms with van der Waals surface area (Å²) in [5.41, 5.74) is 2.46. The van der Waals surface area contributed by atoms with E-state index in [4.69, 9.17) is 0 Å². The molecule has 0 bridgehead atoms. The van der Waals surface area contributed by atoms with Gasteiger partial charge in [0, 0.05) is 51.4 Å². The minimum absolute atomic E-state index is 0.0137. The standard InChI is InChI=1S/C30H37F5N4O/c31-29(32)12-4-13-37(21-29)15-16-39(20-24-5-1-2-7-26(24)30(33,34)35)28(40)17-36-27-8-3-6-23-19-38(14-11-25(23)27)18-22-9-10-22/h1-3,5-8,22,36H,4,9-21H2. The summed E-state index contributed by atoms with van der Waals surface area (Å²) in [6.45, 7) is 2.91. The van der Waals surface area contributed by atoms with Gasteiger partial charge in [0.2, 0.25) is 5.91 Å². The number of alkyl halides is 5. The third-order valence-electron chi connectivity index (χ3n) is 8.18. The normalized spacial score (nSPS) is 19.7. The number of nitrogens with one attached hydrogen (secondary N) is 1. The summed E-state index contributed by atoms with van der Waals surface area (Å²) in [5, 5.41) is 3.24. The van der Waals surface area contributed by atoms with E-state index in [1.165, 1.54) is 47.1 Å². The second-order valence-electron chi connectivity index (χ2n) is 11.4. The molecule has 0 atom stereocenters. The summed E-state index contributed by atoms with van der Waals surface area (Å²) in [7, 11) is 0. The van der Waals surface area contributed by atoms with Crippen molar-refractivity contribution in [3.05, 3.63) is 64.7 Å². The number of halogens is 5. The van der Waals surface area contributed by atoms with E-state index in [0.717, 1.165) is 43.7 Å². The summed E-state index contributed by atoms with van der Waals surface area (Å²) in [6.07, 6.45) is -0.917. The summed E-state index contributed by atoms with van der Waals surface area (Å²) in [5.74, 6) is -2.35. The van der Waals surface area contributed by atoms with Crippen molar-refractivity contribution in [2.45, 2.75) is 57.3 Å². The van der Waals surface area contributed by atoms with Crippen LogP contribution in [-0.2, 0) is 30.5 Å². The van der Waals surface area contributed by atoms with E-state index in [1.54, 1.807) is 4.90 Å². The van der Waals surface area contributed by atoms with E-state index in [1.807, 2.05) is 12.1 Å². The van der Waals surface area contributed by atoms with Gasteiger partial charge in [-0.05, 0) is 67.0 Å². The summed E-state index contributed by atoms with van der Waals surface area (Å²) in [4.78, 5) is 18.9. The highest BCUT2D eigenvalue weighted by Gasteiger charge is 2.36. The van der Waals surface area contributed by atoms with Crippen molar-refractivity contribution < 1.29 is 26.7 Å². The quantitative estimate of drug-likeness (QED) is 0.379. The molecule has 1 saturated carbocycles. The highest BCUT2D eigenvalue weighted by Crippen LogP contribution is 2.34. The molecule has 1 N–H and O–H groups in total. The number of carbonyl (C=O) groups is 1. The fourth-order valence-electron chi connectivity index (χ4n) is 5.87. The molecule has 5 nitrogen and oxygen atoms in total. The molecule has 1 aliphatic carbocycles. The maximum Gasteiger partial charge on any atom is 0.416 e. The number of fused-ring (bicyclic) bond motifs is 1. The van der Waals surface area contributed by atoms with Crippen LogP contribution in [0.2, 0.25) is 0 Å². The van der Waals surface area contributed by atoms with E-state index >= 15 is 0 Å². The third-order valence-corrected chi connectivity index (χ3v) is 8.18. The molecule has 1 amide bonds. The highest BCUT2D eigenvalue weighted by atomic mass is 19.4. The van der Waals surface area contributed by atoms with Crippen molar-refractivity contribution in [2.75, 3.05) is 51.1 Å². The van der Waals surface area contributed by atoms with Crippen LogP contribution >= 0.6 is 0 Å². The second kappa shape index (κ2) is 12.0. The molecule has 218 valence electrons. The largest absolute Gasteiger partial charge is 0.416 e. The number of anilines is 1. The lowest BCUT2D eigenvalue weighted by Gasteiger charge is -2.34. The molecule has 40 heavy (non-hydrogen) atoms. The Balaban J connectivity index is 1.27. The van der Waals surface area contributed by atoms with E-state index in [9.17, 15) is 26.7 Å². The molecule has 0 aromatic heterocycles. The van der Waals surface area contributed by atoms with Crippen molar-refractivity contribution in [3.8, 4) is 0 Å². The van der Waals surface area contributed by atoms with E-state index in [0.29, 0.717) is 13.0 Å². The summed E-state index contributed by atoms with van der Waals surface area (Å²) < 4.78 is 68.9. The Hall–Kier alpha value is -2.72. The number of hydrogen-bond donors (Lipinski definition) is 1. The molecular formula is C30H37F5N4O. The molecule has 0 radical (unpaired) electrons. The van der Waals surface area contributed by atoms with Crippen molar-refractivity contribution >= 4 is 11.6 Å². The van der Waals surface area contributed by atoms with Crippen LogP contribution in [0.1, 0.15) is 47.9 Å². The Morgan fingerprint density at radius 3 is 2.60 bits per heavy atom. The monoisotopic (exact) mass is 564 g/mol. The SMILES string of the molecule is O=C(CNc1cccc2c1CCN(CC1CC1)C2)N(CCN1CCCC(F)(F)C1)Cc1ccccc1C(F)(F)F. The molecule has 0 unspecified atom stereocenters. The summed E-state index contributed by atoms with van der Waals surface area (Å²) >= 11 is 0. The van der Waals surface area contributed by atoms with Crippen LogP contribution in [0.25, 0.3) is 0 Å². The molecule has 2 fully saturated rings. The van der Waals surface area contributed by atoms with Gasteiger partial charge in [0.15, 0.2) is 0 Å². The van der Waals surface area contributed by atoms with E-state index in [-0.39, 0.29) is 44.1 Å². The lowest BCUT2D eigenvalue weighted by molar-refractivity contribution is -0.139. The average Bonchev–Trinajstić information content (AvgIpc) is 3.72. The molecule has 2 aromatic rings. The molecule has 10 heteroatoms. The first-order chi connectivity index (χ1) is 19.1. The van der Waals surface area contributed by atoms with Gasteiger partial charge >= 0.3 is 6.18 Å². The van der Waals surface area contributed by atoms with Crippen LogP contribution in [0.5, 0.6) is 0 Å². The topological polar surface area (TPSA) is 38.8 Å². The molecular weight excluding hydrogens is 527 g/mol. The second-order valence-corrected chi connectivity index (χ2v) is 11.4. The zero-order chi connectivity index (χ0) is 28.3. The van der Waals surface area contributed by atoms with E-state index < -0.39 is 24.2 Å². The van der Waals surface area contributed by atoms with Gasteiger partial charge in [-0.3, -0.25) is 14.6 Å². The predicted octanol–water partition coefficient (Wildman–Crippen LogP) is 5.65. The predicted molar refractivity (Wildman–Crippen MR) is 144 cm³/mol. The molecule has 2 heterocycles. The van der Waals surface area contributed by atoms with Crippen LogP contribution in [0.15, 0.2) is 42.5 Å². The first-order valence-corrected chi connectivity index (χ1v) is 14.2. The molecule has 1 saturated heterocycles. The number of rotatable bonds is 10. The van der Waals surface area contributed by atoms with Crippen LogP contribution in [-0.4, -0.2) is 72.3 Å². The van der Waals surface area contributed by atoms with Gasteiger partial charge in [0.25, 0.3) is 5.92 Å². The fourth-order valence-corrected chi connectivity index (χ4v) is 5.87. The number of benzene rings is 2. The van der Waals surface area contributed by atoms with E-state index in [2.05, 4.69) is 16.3 Å². The number of amides is 1. The number of piperidine rings is 1. The number of nitrogens with zero attached hydrogens (tertiary/aromatic N) is 3. The van der Waals surface area contributed by atoms with Gasteiger partial charge in [0.1, 0.15) is 0 Å². The van der Waals surface area contributed by atoms with Gasteiger partial charge in [-0.2, -0.15) is 13.2 Å². The van der Waals surface area contributed by atoms with Crippen LogP contribution in [0.4, 0.5) is 27.6 Å².